The third kappa shape index (κ3) is 5.82. The smallest absolute Gasteiger partial charge is 0.336 e. The van der Waals surface area contributed by atoms with Crippen LogP contribution in [0.4, 0.5) is 11.4 Å². The van der Waals surface area contributed by atoms with Crippen molar-refractivity contribution in [1.82, 2.24) is 0 Å². The Labute approximate surface area is 221 Å². The van der Waals surface area contributed by atoms with Gasteiger partial charge < -0.3 is 15.7 Å². The van der Waals surface area contributed by atoms with Crippen molar-refractivity contribution in [2.75, 3.05) is 10.6 Å². The molecular formula is C27H20Cl2N2O4S. The lowest BCUT2D eigenvalue weighted by molar-refractivity contribution is -0.115. The van der Waals surface area contributed by atoms with Crippen LogP contribution in [0.15, 0.2) is 83.8 Å². The molecule has 0 bridgehead atoms. The van der Waals surface area contributed by atoms with Gasteiger partial charge in [0.15, 0.2) is 0 Å². The Balaban J connectivity index is 1.49. The summed E-state index contributed by atoms with van der Waals surface area (Å²) in [6.07, 6.45) is 0. The lowest BCUT2D eigenvalue weighted by Crippen LogP contribution is -2.22. The average molecular weight is 539 g/mol. The Kier molecular flexibility index (Phi) is 7.84. The van der Waals surface area contributed by atoms with Crippen LogP contribution in [0, 0.1) is 0 Å². The fraction of sp³-hybridized carbons (Fsp3) is 0.0741. The molecule has 4 aromatic rings. The fourth-order valence-electron chi connectivity index (χ4n) is 3.63. The quantitative estimate of drug-likeness (QED) is 0.216. The predicted octanol–water partition coefficient (Wildman–Crippen LogP) is 7.22. The summed E-state index contributed by atoms with van der Waals surface area (Å²) < 4.78 is 0. The SMILES string of the molecule is CC(Sc1cccc(NC(=O)c2cccc3cccc(C(=O)O)c23)c1)C(=O)Nc1ccc(Cl)c(Cl)c1. The van der Waals surface area contributed by atoms with Gasteiger partial charge in [0.2, 0.25) is 5.91 Å². The van der Waals surface area contributed by atoms with E-state index in [2.05, 4.69) is 10.6 Å². The van der Waals surface area contributed by atoms with Crippen LogP contribution in [0.5, 0.6) is 0 Å². The van der Waals surface area contributed by atoms with Crippen LogP contribution in [0.2, 0.25) is 10.0 Å². The van der Waals surface area contributed by atoms with E-state index in [-0.39, 0.29) is 17.0 Å². The molecule has 0 saturated carbocycles. The zero-order valence-corrected chi connectivity index (χ0v) is 21.2. The van der Waals surface area contributed by atoms with Gasteiger partial charge in [-0.2, -0.15) is 0 Å². The van der Waals surface area contributed by atoms with Gasteiger partial charge in [0.05, 0.1) is 20.9 Å². The number of rotatable bonds is 7. The molecule has 4 aromatic carbocycles. The Morgan fingerprint density at radius 2 is 1.47 bits per heavy atom. The number of amides is 2. The Bertz CT molecular complexity index is 1490. The minimum atomic E-state index is -1.10. The number of aromatic carboxylic acids is 1. The second-order valence-corrected chi connectivity index (χ2v) is 10.1. The van der Waals surface area contributed by atoms with Crippen molar-refractivity contribution in [1.29, 1.82) is 0 Å². The number of halogens is 2. The molecule has 1 unspecified atom stereocenters. The van der Waals surface area contributed by atoms with Crippen molar-refractivity contribution in [3.8, 4) is 0 Å². The first-order valence-electron chi connectivity index (χ1n) is 10.8. The minimum absolute atomic E-state index is 0.0596. The lowest BCUT2D eigenvalue weighted by atomic mass is 9.98. The van der Waals surface area contributed by atoms with E-state index in [0.717, 1.165) is 4.90 Å². The van der Waals surface area contributed by atoms with Crippen LogP contribution in [0.25, 0.3) is 10.8 Å². The Morgan fingerprint density at radius 3 is 2.17 bits per heavy atom. The highest BCUT2D eigenvalue weighted by atomic mass is 35.5. The number of carbonyl (C=O) groups excluding carboxylic acids is 2. The molecule has 1 atom stereocenters. The second-order valence-electron chi connectivity index (χ2n) is 7.87. The monoisotopic (exact) mass is 538 g/mol. The normalized spacial score (nSPS) is 11.6. The molecule has 0 aliphatic rings. The van der Waals surface area contributed by atoms with Crippen LogP contribution in [-0.2, 0) is 4.79 Å². The van der Waals surface area contributed by atoms with Gasteiger partial charge in [-0.25, -0.2) is 4.79 Å². The van der Waals surface area contributed by atoms with Gasteiger partial charge in [0.25, 0.3) is 5.91 Å². The molecule has 0 radical (unpaired) electrons. The van der Waals surface area contributed by atoms with Gasteiger partial charge in [-0.05, 0) is 60.8 Å². The van der Waals surface area contributed by atoms with Gasteiger partial charge in [-0.1, -0.05) is 53.5 Å². The van der Waals surface area contributed by atoms with E-state index in [1.54, 1.807) is 73.7 Å². The summed E-state index contributed by atoms with van der Waals surface area (Å²) in [6, 6.07) is 21.9. The van der Waals surface area contributed by atoms with E-state index < -0.39 is 17.1 Å². The average Bonchev–Trinajstić information content (AvgIpc) is 2.85. The summed E-state index contributed by atoms with van der Waals surface area (Å²) in [5, 5.41) is 16.6. The molecule has 0 heterocycles. The predicted molar refractivity (Wildman–Crippen MR) is 146 cm³/mol. The first-order chi connectivity index (χ1) is 17.2. The molecule has 9 heteroatoms. The number of hydrogen-bond acceptors (Lipinski definition) is 4. The van der Waals surface area contributed by atoms with Crippen LogP contribution in [-0.4, -0.2) is 28.1 Å². The van der Waals surface area contributed by atoms with Crippen molar-refractivity contribution in [2.45, 2.75) is 17.1 Å². The van der Waals surface area contributed by atoms with Crippen LogP contribution >= 0.6 is 35.0 Å². The second kappa shape index (κ2) is 11.0. The third-order valence-corrected chi connectivity index (χ3v) is 7.17. The summed E-state index contributed by atoms with van der Waals surface area (Å²) >= 11 is 13.3. The summed E-state index contributed by atoms with van der Waals surface area (Å²) in [5.41, 5.74) is 1.38. The molecule has 6 nitrogen and oxygen atoms in total. The molecule has 3 N–H and O–H groups in total. The number of nitrogens with one attached hydrogen (secondary N) is 2. The number of carboxylic acids is 1. The fourth-order valence-corrected chi connectivity index (χ4v) is 4.85. The van der Waals surface area contributed by atoms with E-state index in [0.29, 0.717) is 32.2 Å². The van der Waals surface area contributed by atoms with E-state index in [9.17, 15) is 19.5 Å². The van der Waals surface area contributed by atoms with E-state index in [1.165, 1.54) is 17.8 Å². The zero-order chi connectivity index (χ0) is 25.8. The topological polar surface area (TPSA) is 95.5 Å². The third-order valence-electron chi connectivity index (χ3n) is 5.34. The minimum Gasteiger partial charge on any atom is -0.478 e. The maximum atomic E-state index is 13.1. The van der Waals surface area contributed by atoms with Gasteiger partial charge in [0, 0.05) is 27.2 Å². The van der Waals surface area contributed by atoms with Gasteiger partial charge in [-0.3, -0.25) is 9.59 Å². The van der Waals surface area contributed by atoms with Gasteiger partial charge >= 0.3 is 5.97 Å². The standard InChI is InChI=1S/C27H20Cl2N2O4S/c1-15(25(32)30-18-11-12-22(28)23(29)14-18)36-19-8-4-7-17(13-19)31-26(33)20-9-2-5-16-6-3-10-21(24(16)20)27(34)35/h2-15H,1H3,(H,30,32)(H,31,33)(H,34,35). The molecule has 2 amide bonds. The van der Waals surface area contributed by atoms with Crippen molar-refractivity contribution in [3.05, 3.63) is 100 Å². The molecular weight excluding hydrogens is 519 g/mol. The number of fused-ring (bicyclic) bond motifs is 1. The molecule has 36 heavy (non-hydrogen) atoms. The first-order valence-corrected chi connectivity index (χ1v) is 12.5. The molecule has 0 spiro atoms. The van der Waals surface area contributed by atoms with Crippen LogP contribution in [0.1, 0.15) is 27.6 Å². The lowest BCUT2D eigenvalue weighted by Gasteiger charge is -2.14. The van der Waals surface area contributed by atoms with Crippen molar-refractivity contribution in [2.24, 2.45) is 0 Å². The van der Waals surface area contributed by atoms with E-state index in [1.807, 2.05) is 6.07 Å². The van der Waals surface area contributed by atoms with Crippen molar-refractivity contribution >= 4 is 74.9 Å². The Morgan fingerprint density at radius 1 is 0.806 bits per heavy atom. The molecule has 0 aromatic heterocycles. The first kappa shape index (κ1) is 25.6. The number of anilines is 2. The largest absolute Gasteiger partial charge is 0.478 e. The summed E-state index contributed by atoms with van der Waals surface area (Å²) in [6.45, 7) is 1.77. The summed E-state index contributed by atoms with van der Waals surface area (Å²) in [4.78, 5) is 38.2. The Hall–Kier alpha value is -3.52. The number of carboxylic acid groups (broad SMARTS) is 1. The number of thioether (sulfide) groups is 1. The van der Waals surface area contributed by atoms with Crippen LogP contribution in [0.3, 0.4) is 0 Å². The summed E-state index contributed by atoms with van der Waals surface area (Å²) in [5.74, 6) is -1.75. The van der Waals surface area contributed by atoms with Gasteiger partial charge in [-0.15, -0.1) is 11.8 Å². The number of benzene rings is 4. The maximum absolute atomic E-state index is 13.1. The highest BCUT2D eigenvalue weighted by Gasteiger charge is 2.18. The molecule has 0 fully saturated rings. The highest BCUT2D eigenvalue weighted by Crippen LogP contribution is 2.29. The molecule has 182 valence electrons. The summed E-state index contributed by atoms with van der Waals surface area (Å²) in [7, 11) is 0. The number of hydrogen-bond donors (Lipinski definition) is 3. The van der Waals surface area contributed by atoms with Gasteiger partial charge in [0.1, 0.15) is 0 Å². The molecule has 4 rings (SSSR count). The maximum Gasteiger partial charge on any atom is 0.336 e. The molecule has 0 aliphatic carbocycles. The molecule has 0 saturated heterocycles. The number of carbonyl (C=O) groups is 3. The van der Waals surface area contributed by atoms with E-state index >= 15 is 0 Å². The zero-order valence-electron chi connectivity index (χ0n) is 18.9. The van der Waals surface area contributed by atoms with Crippen molar-refractivity contribution in [3.63, 3.8) is 0 Å². The van der Waals surface area contributed by atoms with Crippen molar-refractivity contribution < 1.29 is 19.5 Å². The highest BCUT2D eigenvalue weighted by molar-refractivity contribution is 8.00. The van der Waals surface area contributed by atoms with Crippen LogP contribution < -0.4 is 10.6 Å². The molecule has 0 aliphatic heterocycles. The van der Waals surface area contributed by atoms with E-state index in [4.69, 9.17) is 23.2 Å².